The Morgan fingerprint density at radius 2 is 1.81 bits per heavy atom. The summed E-state index contributed by atoms with van der Waals surface area (Å²) in [5.74, 6) is 0.507. The molecule has 1 amide bonds. The predicted molar refractivity (Wildman–Crippen MR) is 103 cm³/mol. The van der Waals surface area contributed by atoms with Crippen molar-refractivity contribution in [3.05, 3.63) is 59.2 Å². The first-order chi connectivity index (χ1) is 12.2. The lowest BCUT2D eigenvalue weighted by Crippen LogP contribution is -2.26. The fourth-order valence-electron chi connectivity index (χ4n) is 2.46. The fourth-order valence-corrected chi connectivity index (χ4v) is 3.08. The maximum absolute atomic E-state index is 12.5. The highest BCUT2D eigenvalue weighted by Gasteiger charge is 2.14. The third kappa shape index (κ3) is 5.49. The van der Waals surface area contributed by atoms with Crippen molar-refractivity contribution >= 4 is 21.6 Å². The zero-order valence-corrected chi connectivity index (χ0v) is 16.2. The summed E-state index contributed by atoms with van der Waals surface area (Å²) < 4.78 is 30.7. The Morgan fingerprint density at radius 3 is 2.38 bits per heavy atom. The van der Waals surface area contributed by atoms with Crippen molar-refractivity contribution in [3.63, 3.8) is 0 Å². The summed E-state index contributed by atoms with van der Waals surface area (Å²) in [4.78, 5) is 12.5. The molecule has 26 heavy (non-hydrogen) atoms. The van der Waals surface area contributed by atoms with Crippen LogP contribution in [0, 0.1) is 6.92 Å². The van der Waals surface area contributed by atoms with Gasteiger partial charge in [0, 0.05) is 5.56 Å². The van der Waals surface area contributed by atoms with E-state index in [0.717, 1.165) is 23.1 Å². The number of hydrogen-bond donors (Lipinski definition) is 2. The minimum absolute atomic E-state index is 0.203. The van der Waals surface area contributed by atoms with Crippen LogP contribution in [0.25, 0.3) is 0 Å². The van der Waals surface area contributed by atoms with Crippen LogP contribution < -0.4 is 14.8 Å². The average Bonchev–Trinajstić information content (AvgIpc) is 2.56. The number of anilines is 1. The van der Waals surface area contributed by atoms with Crippen LogP contribution in [0.3, 0.4) is 0 Å². The average molecular weight is 376 g/mol. The van der Waals surface area contributed by atoms with Crippen LogP contribution in [-0.2, 0) is 10.0 Å². The van der Waals surface area contributed by atoms with E-state index in [1.165, 1.54) is 6.07 Å². The molecule has 1 atom stereocenters. The molecule has 0 fully saturated rings. The second kappa shape index (κ2) is 8.23. The molecule has 140 valence electrons. The Kier molecular flexibility index (Phi) is 6.26. The van der Waals surface area contributed by atoms with Crippen LogP contribution in [0.15, 0.2) is 42.5 Å². The van der Waals surface area contributed by atoms with Gasteiger partial charge in [-0.1, -0.05) is 18.2 Å². The normalized spacial score (nSPS) is 12.3. The first-order valence-electron chi connectivity index (χ1n) is 8.31. The SMILES string of the molecule is CCOc1ccc([C@H](C)NC(=O)c2ccc(C)c(NS(C)(=O)=O)c2)cc1. The van der Waals surface area contributed by atoms with Crippen LogP contribution in [0.5, 0.6) is 5.75 Å². The zero-order chi connectivity index (χ0) is 19.3. The van der Waals surface area contributed by atoms with E-state index in [0.29, 0.717) is 17.9 Å². The molecule has 7 heteroatoms. The highest BCUT2D eigenvalue weighted by atomic mass is 32.2. The third-order valence-electron chi connectivity index (χ3n) is 3.83. The van der Waals surface area contributed by atoms with Crippen molar-refractivity contribution in [2.24, 2.45) is 0 Å². The van der Waals surface area contributed by atoms with Crippen molar-refractivity contribution in [2.45, 2.75) is 26.8 Å². The highest BCUT2D eigenvalue weighted by molar-refractivity contribution is 7.92. The summed E-state index contributed by atoms with van der Waals surface area (Å²) in [6.45, 7) is 6.18. The van der Waals surface area contributed by atoms with Gasteiger partial charge in [0.25, 0.3) is 5.91 Å². The van der Waals surface area contributed by atoms with Gasteiger partial charge in [-0.05, 0) is 56.2 Å². The smallest absolute Gasteiger partial charge is 0.251 e. The standard InChI is InChI=1S/C19H24N2O4S/c1-5-25-17-10-8-15(9-11-17)14(3)20-19(22)16-7-6-13(2)18(12-16)21-26(4,23)24/h6-12,14,21H,5H2,1-4H3,(H,20,22)/t14-/m0/s1. The Balaban J connectivity index is 2.12. The molecule has 0 spiro atoms. The molecule has 2 aromatic rings. The van der Waals surface area contributed by atoms with Gasteiger partial charge < -0.3 is 10.1 Å². The number of rotatable bonds is 7. The van der Waals surface area contributed by atoms with Gasteiger partial charge in [0.1, 0.15) is 5.75 Å². The molecule has 0 heterocycles. The molecule has 2 rings (SSSR count). The second-order valence-electron chi connectivity index (χ2n) is 6.10. The number of carbonyl (C=O) groups excluding carboxylic acids is 1. The predicted octanol–water partition coefficient (Wildman–Crippen LogP) is 3.26. The van der Waals surface area contributed by atoms with E-state index in [1.54, 1.807) is 19.1 Å². The molecular weight excluding hydrogens is 352 g/mol. The number of nitrogens with one attached hydrogen (secondary N) is 2. The summed E-state index contributed by atoms with van der Waals surface area (Å²) >= 11 is 0. The molecule has 0 unspecified atom stereocenters. The first-order valence-corrected chi connectivity index (χ1v) is 10.2. The van der Waals surface area contributed by atoms with E-state index in [2.05, 4.69) is 10.0 Å². The van der Waals surface area contributed by atoms with E-state index in [1.807, 2.05) is 38.1 Å². The van der Waals surface area contributed by atoms with Gasteiger partial charge in [0.15, 0.2) is 0 Å². The minimum atomic E-state index is -3.41. The maximum Gasteiger partial charge on any atom is 0.251 e. The summed E-state index contributed by atoms with van der Waals surface area (Å²) in [7, 11) is -3.41. The van der Waals surface area contributed by atoms with Crippen LogP contribution in [0.4, 0.5) is 5.69 Å². The molecule has 0 aromatic heterocycles. The number of aryl methyl sites for hydroxylation is 1. The Morgan fingerprint density at radius 1 is 1.15 bits per heavy atom. The number of carbonyl (C=O) groups is 1. The molecular formula is C19H24N2O4S. The third-order valence-corrected chi connectivity index (χ3v) is 4.42. The summed E-state index contributed by atoms with van der Waals surface area (Å²) in [5, 5.41) is 2.92. The van der Waals surface area contributed by atoms with Gasteiger partial charge in [-0.2, -0.15) is 0 Å². The van der Waals surface area contributed by atoms with E-state index in [9.17, 15) is 13.2 Å². The molecule has 2 N–H and O–H groups in total. The Bertz CT molecular complexity index is 877. The van der Waals surface area contributed by atoms with Gasteiger partial charge in [0.05, 0.1) is 24.6 Å². The lowest BCUT2D eigenvalue weighted by atomic mass is 10.1. The molecule has 0 radical (unpaired) electrons. The maximum atomic E-state index is 12.5. The molecule has 0 aliphatic heterocycles. The fraction of sp³-hybridized carbons (Fsp3) is 0.316. The molecule has 0 saturated heterocycles. The van der Waals surface area contributed by atoms with E-state index in [4.69, 9.17) is 4.74 Å². The number of sulfonamides is 1. The van der Waals surface area contributed by atoms with Crippen LogP contribution >= 0.6 is 0 Å². The monoisotopic (exact) mass is 376 g/mol. The van der Waals surface area contributed by atoms with Crippen LogP contribution in [0.2, 0.25) is 0 Å². The zero-order valence-electron chi connectivity index (χ0n) is 15.4. The molecule has 6 nitrogen and oxygen atoms in total. The van der Waals surface area contributed by atoms with Gasteiger partial charge in [0.2, 0.25) is 10.0 Å². The lowest BCUT2D eigenvalue weighted by Gasteiger charge is -2.16. The molecule has 0 saturated carbocycles. The van der Waals surface area contributed by atoms with E-state index < -0.39 is 10.0 Å². The summed E-state index contributed by atoms with van der Waals surface area (Å²) in [6.07, 6.45) is 1.08. The second-order valence-corrected chi connectivity index (χ2v) is 7.85. The number of hydrogen-bond acceptors (Lipinski definition) is 4. The summed E-state index contributed by atoms with van der Waals surface area (Å²) in [5.41, 5.74) is 2.48. The van der Waals surface area contributed by atoms with Crippen molar-refractivity contribution in [1.29, 1.82) is 0 Å². The molecule has 0 aliphatic carbocycles. The van der Waals surface area contributed by atoms with Crippen molar-refractivity contribution in [3.8, 4) is 5.75 Å². The van der Waals surface area contributed by atoms with Gasteiger partial charge in [-0.15, -0.1) is 0 Å². The van der Waals surface area contributed by atoms with Crippen molar-refractivity contribution in [2.75, 3.05) is 17.6 Å². The highest BCUT2D eigenvalue weighted by Crippen LogP contribution is 2.20. The largest absolute Gasteiger partial charge is 0.494 e. The number of amides is 1. The van der Waals surface area contributed by atoms with Gasteiger partial charge >= 0.3 is 0 Å². The van der Waals surface area contributed by atoms with Crippen LogP contribution in [0.1, 0.15) is 41.4 Å². The number of ether oxygens (including phenoxy) is 1. The molecule has 2 aromatic carbocycles. The molecule has 0 aliphatic rings. The Labute approximate surface area is 154 Å². The van der Waals surface area contributed by atoms with Gasteiger partial charge in [-0.25, -0.2) is 8.42 Å². The Hall–Kier alpha value is -2.54. The van der Waals surface area contributed by atoms with E-state index in [-0.39, 0.29) is 11.9 Å². The minimum Gasteiger partial charge on any atom is -0.494 e. The number of benzene rings is 2. The quantitative estimate of drug-likeness (QED) is 0.777. The van der Waals surface area contributed by atoms with Crippen molar-refractivity contribution in [1.82, 2.24) is 5.32 Å². The topological polar surface area (TPSA) is 84.5 Å². The van der Waals surface area contributed by atoms with Gasteiger partial charge in [-0.3, -0.25) is 9.52 Å². The van der Waals surface area contributed by atoms with Crippen LogP contribution in [-0.4, -0.2) is 27.2 Å². The van der Waals surface area contributed by atoms with E-state index >= 15 is 0 Å². The van der Waals surface area contributed by atoms with Crippen molar-refractivity contribution < 1.29 is 17.9 Å². The first kappa shape index (κ1) is 19.8. The summed E-state index contributed by atoms with van der Waals surface area (Å²) in [6, 6.07) is 12.3. The molecule has 0 bridgehead atoms. The lowest BCUT2D eigenvalue weighted by molar-refractivity contribution is 0.0940.